The van der Waals surface area contributed by atoms with Crippen molar-refractivity contribution in [1.29, 1.82) is 0 Å². The van der Waals surface area contributed by atoms with Crippen molar-refractivity contribution in [3.05, 3.63) is 35.8 Å². The highest BCUT2D eigenvalue weighted by Crippen LogP contribution is 2.28. The normalized spacial score (nSPS) is 12.3. The second-order valence-electron chi connectivity index (χ2n) is 4.97. The number of aryl methyl sites for hydroxylation is 1. The lowest BCUT2D eigenvalue weighted by Crippen LogP contribution is -2.16. The van der Waals surface area contributed by atoms with Crippen molar-refractivity contribution in [2.75, 3.05) is 0 Å². The molecule has 0 radical (unpaired) electrons. The molecule has 0 spiro atoms. The van der Waals surface area contributed by atoms with E-state index in [0.29, 0.717) is 0 Å². The average Bonchev–Trinajstić information content (AvgIpc) is 2.54. The molecular weight excluding hydrogens is 184 g/mol. The van der Waals surface area contributed by atoms with Crippen LogP contribution in [-0.2, 0) is 11.8 Å². The van der Waals surface area contributed by atoms with Gasteiger partial charge in [-0.2, -0.15) is 0 Å². The zero-order chi connectivity index (χ0) is 11.1. The van der Waals surface area contributed by atoms with E-state index in [2.05, 4.69) is 49.3 Å². The number of nitrogens with zero attached hydrogens (tertiary/aromatic N) is 2. The number of hydrogen-bond acceptors (Lipinski definition) is 1. The first-order chi connectivity index (χ1) is 7.04. The van der Waals surface area contributed by atoms with Crippen molar-refractivity contribution in [3.8, 4) is 0 Å². The predicted molar refractivity (Wildman–Crippen MR) is 63.3 cm³/mol. The third-order valence-corrected chi connectivity index (χ3v) is 2.71. The van der Waals surface area contributed by atoms with E-state index in [0.717, 1.165) is 12.1 Å². The molecule has 2 nitrogen and oxygen atoms in total. The van der Waals surface area contributed by atoms with Crippen LogP contribution in [0.2, 0.25) is 0 Å². The molecule has 0 aliphatic heterocycles. The lowest BCUT2D eigenvalue weighted by atomic mass is 9.89. The number of aromatic nitrogens is 2. The summed E-state index contributed by atoms with van der Waals surface area (Å²) in [6, 6.07) is 4.18. The minimum Gasteiger partial charge on any atom is -0.305 e. The minimum atomic E-state index is 0.167. The highest BCUT2D eigenvalue weighted by molar-refractivity contribution is 5.49. The van der Waals surface area contributed by atoms with E-state index in [1.165, 1.54) is 11.3 Å². The van der Waals surface area contributed by atoms with E-state index in [1.54, 1.807) is 0 Å². The average molecular weight is 202 g/mol. The van der Waals surface area contributed by atoms with Gasteiger partial charge in [-0.1, -0.05) is 27.7 Å². The summed E-state index contributed by atoms with van der Waals surface area (Å²) >= 11 is 0. The summed E-state index contributed by atoms with van der Waals surface area (Å²) in [4.78, 5) is 4.39. The van der Waals surface area contributed by atoms with E-state index in [1.807, 2.05) is 12.3 Å². The summed E-state index contributed by atoms with van der Waals surface area (Å²) in [6.45, 7) is 8.95. The Morgan fingerprint density at radius 1 is 1.33 bits per heavy atom. The molecule has 0 atom stereocenters. The van der Waals surface area contributed by atoms with Crippen molar-refractivity contribution in [2.24, 2.45) is 0 Å². The fourth-order valence-corrected chi connectivity index (χ4v) is 2.17. The molecule has 0 aromatic carbocycles. The summed E-state index contributed by atoms with van der Waals surface area (Å²) in [6.07, 6.45) is 5.01. The fourth-order valence-electron chi connectivity index (χ4n) is 2.17. The van der Waals surface area contributed by atoms with Crippen LogP contribution in [0.5, 0.6) is 0 Å². The maximum absolute atomic E-state index is 4.39. The second-order valence-corrected chi connectivity index (χ2v) is 4.97. The van der Waals surface area contributed by atoms with Gasteiger partial charge in [-0.05, 0) is 24.1 Å². The quantitative estimate of drug-likeness (QED) is 0.694. The highest BCUT2D eigenvalue weighted by atomic mass is 15.0. The van der Waals surface area contributed by atoms with Gasteiger partial charge < -0.3 is 4.40 Å². The van der Waals surface area contributed by atoms with Crippen LogP contribution in [0.15, 0.2) is 24.5 Å². The van der Waals surface area contributed by atoms with E-state index in [4.69, 9.17) is 0 Å². The Bertz CT molecular complexity index is 475. The van der Waals surface area contributed by atoms with Crippen LogP contribution in [0, 0.1) is 0 Å². The zero-order valence-electron chi connectivity index (χ0n) is 9.91. The first kappa shape index (κ1) is 10.2. The molecule has 15 heavy (non-hydrogen) atoms. The Labute approximate surface area is 91.0 Å². The third-order valence-electron chi connectivity index (χ3n) is 2.71. The molecule has 0 unspecified atom stereocenters. The van der Waals surface area contributed by atoms with Gasteiger partial charge in [0.1, 0.15) is 5.65 Å². The van der Waals surface area contributed by atoms with Crippen molar-refractivity contribution in [3.63, 3.8) is 0 Å². The molecule has 0 amide bonds. The van der Waals surface area contributed by atoms with E-state index >= 15 is 0 Å². The molecular formula is C13H18N2. The summed E-state index contributed by atoms with van der Waals surface area (Å²) in [5, 5.41) is 0. The van der Waals surface area contributed by atoms with E-state index in [9.17, 15) is 0 Å². The van der Waals surface area contributed by atoms with Gasteiger partial charge in [-0.25, -0.2) is 4.98 Å². The molecule has 2 aromatic rings. The topological polar surface area (TPSA) is 17.3 Å². The molecule has 0 N–H and O–H groups in total. The van der Waals surface area contributed by atoms with Gasteiger partial charge >= 0.3 is 0 Å². The summed E-state index contributed by atoms with van der Waals surface area (Å²) in [5.74, 6) is 0. The molecule has 2 aromatic heterocycles. The monoisotopic (exact) mass is 202 g/mol. The molecule has 2 heteroatoms. The molecule has 0 aliphatic carbocycles. The fraction of sp³-hybridized carbons (Fsp3) is 0.462. The van der Waals surface area contributed by atoms with Crippen LogP contribution in [-0.4, -0.2) is 9.38 Å². The van der Waals surface area contributed by atoms with Crippen molar-refractivity contribution < 1.29 is 0 Å². The Kier molecular flexibility index (Phi) is 2.29. The smallest absolute Gasteiger partial charge is 0.137 e. The molecule has 2 rings (SSSR count). The third kappa shape index (κ3) is 1.65. The molecule has 80 valence electrons. The predicted octanol–water partition coefficient (Wildman–Crippen LogP) is 3.19. The minimum absolute atomic E-state index is 0.167. The van der Waals surface area contributed by atoms with Crippen molar-refractivity contribution in [1.82, 2.24) is 9.38 Å². The first-order valence-electron chi connectivity index (χ1n) is 5.49. The van der Waals surface area contributed by atoms with Crippen molar-refractivity contribution in [2.45, 2.75) is 39.5 Å². The summed E-state index contributed by atoms with van der Waals surface area (Å²) in [7, 11) is 0. The van der Waals surface area contributed by atoms with Crippen LogP contribution in [0.3, 0.4) is 0 Å². The molecule has 0 saturated carbocycles. The standard InChI is InChI=1S/C13H18N2/c1-5-10-9-11-14-7-6-8-15(11)12(10)13(2,3)4/h6-9H,5H2,1-4H3. The molecule has 0 bridgehead atoms. The molecule has 0 aliphatic rings. The summed E-state index contributed by atoms with van der Waals surface area (Å²) < 4.78 is 2.21. The van der Waals surface area contributed by atoms with Gasteiger partial charge in [0.2, 0.25) is 0 Å². The van der Waals surface area contributed by atoms with Crippen LogP contribution >= 0.6 is 0 Å². The Balaban J connectivity index is 2.79. The highest BCUT2D eigenvalue weighted by Gasteiger charge is 2.21. The van der Waals surface area contributed by atoms with Gasteiger partial charge in [0.15, 0.2) is 0 Å². The maximum atomic E-state index is 4.39. The van der Waals surface area contributed by atoms with Gasteiger partial charge in [0.25, 0.3) is 0 Å². The SMILES string of the molecule is CCc1cc2ncccn2c1C(C)(C)C. The largest absolute Gasteiger partial charge is 0.305 e. The molecule has 2 heterocycles. The first-order valence-corrected chi connectivity index (χ1v) is 5.49. The zero-order valence-corrected chi connectivity index (χ0v) is 9.91. The van der Waals surface area contributed by atoms with Gasteiger partial charge in [-0.3, -0.25) is 0 Å². The number of fused-ring (bicyclic) bond motifs is 1. The Hall–Kier alpha value is -1.31. The van der Waals surface area contributed by atoms with Crippen LogP contribution in [0.25, 0.3) is 5.65 Å². The van der Waals surface area contributed by atoms with Gasteiger partial charge in [0, 0.05) is 23.5 Å². The Morgan fingerprint density at radius 3 is 2.67 bits per heavy atom. The van der Waals surface area contributed by atoms with Crippen molar-refractivity contribution >= 4 is 5.65 Å². The van der Waals surface area contributed by atoms with Crippen LogP contribution in [0.1, 0.15) is 39.0 Å². The number of rotatable bonds is 1. The second kappa shape index (κ2) is 3.37. The van der Waals surface area contributed by atoms with E-state index < -0.39 is 0 Å². The van der Waals surface area contributed by atoms with Gasteiger partial charge in [0.05, 0.1) is 0 Å². The van der Waals surface area contributed by atoms with E-state index in [-0.39, 0.29) is 5.41 Å². The van der Waals surface area contributed by atoms with Crippen LogP contribution < -0.4 is 0 Å². The molecule has 0 fully saturated rings. The lowest BCUT2D eigenvalue weighted by molar-refractivity contribution is 0.556. The molecule has 0 saturated heterocycles. The maximum Gasteiger partial charge on any atom is 0.137 e. The van der Waals surface area contributed by atoms with Crippen LogP contribution in [0.4, 0.5) is 0 Å². The Morgan fingerprint density at radius 2 is 2.07 bits per heavy atom. The lowest BCUT2D eigenvalue weighted by Gasteiger charge is -2.20. The number of hydrogen-bond donors (Lipinski definition) is 0. The van der Waals surface area contributed by atoms with Gasteiger partial charge in [-0.15, -0.1) is 0 Å². The summed E-state index contributed by atoms with van der Waals surface area (Å²) in [5.41, 5.74) is 4.01.